The number of methoxy groups -OCH3 is 1. The largest absolute Gasteiger partial charge is 0.497 e. The molecule has 0 aliphatic carbocycles. The summed E-state index contributed by atoms with van der Waals surface area (Å²) >= 11 is 0. The monoisotopic (exact) mass is 384 g/mol. The number of aliphatic hydroxyl groups is 1. The summed E-state index contributed by atoms with van der Waals surface area (Å²) in [6.07, 6.45) is 1.38. The van der Waals surface area contributed by atoms with Gasteiger partial charge in [-0.25, -0.2) is 15.0 Å². The molecule has 8 heteroatoms. The first-order valence-electron chi connectivity index (χ1n) is 9.47. The maximum absolute atomic E-state index is 9.45. The van der Waals surface area contributed by atoms with E-state index in [1.54, 1.807) is 20.4 Å². The second-order valence-corrected chi connectivity index (χ2v) is 7.09. The minimum atomic E-state index is -0.419. The zero-order valence-electron chi connectivity index (χ0n) is 16.8. The van der Waals surface area contributed by atoms with Crippen LogP contribution in [-0.4, -0.2) is 44.4 Å². The Hall–Kier alpha value is -2.71. The van der Waals surface area contributed by atoms with Gasteiger partial charge >= 0.3 is 0 Å². The van der Waals surface area contributed by atoms with Gasteiger partial charge in [-0.3, -0.25) is 0 Å². The molecule has 2 aromatic heterocycles. The Morgan fingerprint density at radius 3 is 2.50 bits per heavy atom. The number of hydrogen-bond donors (Lipinski definition) is 3. The summed E-state index contributed by atoms with van der Waals surface area (Å²) in [5.74, 6) is 2.19. The molecule has 8 nitrogen and oxygen atoms in total. The van der Waals surface area contributed by atoms with Gasteiger partial charge in [-0.15, -0.1) is 0 Å². The van der Waals surface area contributed by atoms with Crippen molar-refractivity contribution in [1.82, 2.24) is 24.8 Å². The van der Waals surface area contributed by atoms with Gasteiger partial charge in [0.05, 0.1) is 26.1 Å². The lowest BCUT2D eigenvalue weighted by molar-refractivity contribution is 0.190. The fraction of sp³-hybridized carbons (Fsp3) is 0.450. The van der Waals surface area contributed by atoms with Gasteiger partial charge in [0.25, 0.3) is 0 Å². The predicted molar refractivity (Wildman–Crippen MR) is 109 cm³/mol. The molecular weight excluding hydrogens is 356 g/mol. The average molecular weight is 384 g/mol. The topological polar surface area (TPSA) is 97.1 Å². The van der Waals surface area contributed by atoms with E-state index in [4.69, 9.17) is 4.74 Å². The van der Waals surface area contributed by atoms with Crippen LogP contribution >= 0.6 is 0 Å². The highest BCUT2D eigenvalue weighted by molar-refractivity contribution is 5.83. The van der Waals surface area contributed by atoms with Crippen LogP contribution < -0.4 is 15.4 Å². The highest BCUT2D eigenvalue weighted by atomic mass is 16.5. The van der Waals surface area contributed by atoms with Crippen molar-refractivity contribution < 1.29 is 9.84 Å². The van der Waals surface area contributed by atoms with Crippen molar-refractivity contribution >= 4 is 17.0 Å². The minimum absolute atomic E-state index is 0.243. The average Bonchev–Trinajstić information content (AvgIpc) is 3.10. The van der Waals surface area contributed by atoms with Crippen LogP contribution in [0.15, 0.2) is 30.6 Å². The predicted octanol–water partition coefficient (Wildman–Crippen LogP) is 2.50. The molecule has 3 N–H and O–H groups in total. The number of benzene rings is 1. The van der Waals surface area contributed by atoms with Gasteiger partial charge in [0.2, 0.25) is 0 Å². The van der Waals surface area contributed by atoms with Gasteiger partial charge in [0.15, 0.2) is 11.5 Å². The SMILES string of the molecule is COc1ccc(CNc2nc(CNCC(C)O)nc3c2ncn3C(C)C)cc1. The first kappa shape index (κ1) is 20.0. The maximum atomic E-state index is 9.45. The fourth-order valence-electron chi connectivity index (χ4n) is 2.86. The van der Waals surface area contributed by atoms with Crippen LogP contribution in [0.3, 0.4) is 0 Å². The molecule has 3 aromatic rings. The molecule has 28 heavy (non-hydrogen) atoms. The molecule has 2 heterocycles. The molecule has 1 atom stereocenters. The van der Waals surface area contributed by atoms with E-state index >= 15 is 0 Å². The van der Waals surface area contributed by atoms with Gasteiger partial charge < -0.3 is 25.0 Å². The summed E-state index contributed by atoms with van der Waals surface area (Å²) in [6, 6.07) is 8.15. The summed E-state index contributed by atoms with van der Waals surface area (Å²) in [4.78, 5) is 13.9. The number of nitrogens with one attached hydrogen (secondary N) is 2. The summed E-state index contributed by atoms with van der Waals surface area (Å²) < 4.78 is 7.24. The smallest absolute Gasteiger partial charge is 0.166 e. The van der Waals surface area contributed by atoms with Crippen LogP contribution in [0.25, 0.3) is 11.2 Å². The molecule has 0 aliphatic rings. The summed E-state index contributed by atoms with van der Waals surface area (Å²) in [7, 11) is 1.66. The van der Waals surface area contributed by atoms with Crippen molar-refractivity contribution in [1.29, 1.82) is 0 Å². The number of ether oxygens (including phenoxy) is 1. The lowest BCUT2D eigenvalue weighted by atomic mass is 10.2. The molecule has 0 saturated carbocycles. The van der Waals surface area contributed by atoms with E-state index in [-0.39, 0.29) is 6.04 Å². The zero-order chi connectivity index (χ0) is 20.1. The number of rotatable bonds is 9. The highest BCUT2D eigenvalue weighted by Gasteiger charge is 2.15. The van der Waals surface area contributed by atoms with Gasteiger partial charge in [-0.1, -0.05) is 12.1 Å². The van der Waals surface area contributed by atoms with E-state index in [1.165, 1.54) is 0 Å². The number of anilines is 1. The number of nitrogens with zero attached hydrogens (tertiary/aromatic N) is 4. The van der Waals surface area contributed by atoms with Gasteiger partial charge in [0, 0.05) is 19.1 Å². The maximum Gasteiger partial charge on any atom is 0.166 e. The van der Waals surface area contributed by atoms with E-state index < -0.39 is 6.10 Å². The molecule has 1 aromatic carbocycles. The van der Waals surface area contributed by atoms with Crippen molar-refractivity contribution in [2.75, 3.05) is 19.0 Å². The molecule has 0 saturated heterocycles. The Balaban J connectivity index is 1.85. The first-order chi connectivity index (χ1) is 13.5. The van der Waals surface area contributed by atoms with Crippen molar-refractivity contribution in [3.63, 3.8) is 0 Å². The van der Waals surface area contributed by atoms with Crippen LogP contribution in [0, 0.1) is 0 Å². The second-order valence-electron chi connectivity index (χ2n) is 7.09. The molecule has 3 rings (SSSR count). The third kappa shape index (κ3) is 4.76. The van der Waals surface area contributed by atoms with E-state index in [0.717, 1.165) is 22.5 Å². The first-order valence-corrected chi connectivity index (χ1v) is 9.47. The summed E-state index contributed by atoms with van der Waals surface area (Å²) in [6.45, 7) is 7.51. The Bertz CT molecular complexity index is 905. The van der Waals surface area contributed by atoms with Gasteiger partial charge in [0.1, 0.15) is 17.1 Å². The molecule has 0 bridgehead atoms. The number of aliphatic hydroxyl groups excluding tert-OH is 1. The molecular formula is C20H28N6O2. The highest BCUT2D eigenvalue weighted by Crippen LogP contribution is 2.22. The summed E-state index contributed by atoms with van der Waals surface area (Å²) in [5, 5.41) is 16.0. The van der Waals surface area contributed by atoms with Crippen LogP contribution in [0.2, 0.25) is 0 Å². The molecule has 0 spiro atoms. The number of fused-ring (bicyclic) bond motifs is 1. The number of aromatic nitrogens is 4. The van der Waals surface area contributed by atoms with E-state index in [1.807, 2.05) is 28.8 Å². The van der Waals surface area contributed by atoms with Crippen LogP contribution in [-0.2, 0) is 13.1 Å². The Kier molecular flexibility index (Phi) is 6.43. The Morgan fingerprint density at radius 2 is 1.86 bits per heavy atom. The lowest BCUT2D eigenvalue weighted by Crippen LogP contribution is -2.25. The van der Waals surface area contributed by atoms with Gasteiger partial charge in [-0.05, 0) is 38.5 Å². The quantitative estimate of drug-likeness (QED) is 0.521. The van der Waals surface area contributed by atoms with Crippen molar-refractivity contribution in [2.24, 2.45) is 0 Å². The summed E-state index contributed by atoms with van der Waals surface area (Å²) in [5.41, 5.74) is 2.67. The second kappa shape index (κ2) is 8.99. The fourth-order valence-corrected chi connectivity index (χ4v) is 2.86. The third-order valence-corrected chi connectivity index (χ3v) is 4.37. The van der Waals surface area contributed by atoms with E-state index in [0.29, 0.717) is 31.3 Å². The molecule has 0 amide bonds. The molecule has 150 valence electrons. The molecule has 0 fully saturated rings. The molecule has 0 radical (unpaired) electrons. The Morgan fingerprint density at radius 1 is 1.11 bits per heavy atom. The minimum Gasteiger partial charge on any atom is -0.497 e. The third-order valence-electron chi connectivity index (χ3n) is 4.37. The van der Waals surface area contributed by atoms with Crippen molar-refractivity contribution in [2.45, 2.75) is 46.0 Å². The van der Waals surface area contributed by atoms with E-state index in [2.05, 4.69) is 39.4 Å². The zero-order valence-corrected chi connectivity index (χ0v) is 16.8. The normalized spacial score (nSPS) is 12.5. The lowest BCUT2D eigenvalue weighted by Gasteiger charge is -2.12. The van der Waals surface area contributed by atoms with Crippen molar-refractivity contribution in [3.05, 3.63) is 42.0 Å². The van der Waals surface area contributed by atoms with Crippen LogP contribution in [0.5, 0.6) is 5.75 Å². The number of imidazole rings is 1. The Labute approximate surface area is 165 Å². The molecule has 1 unspecified atom stereocenters. The van der Waals surface area contributed by atoms with Gasteiger partial charge in [-0.2, -0.15) is 0 Å². The molecule has 0 aliphatic heterocycles. The van der Waals surface area contributed by atoms with Crippen LogP contribution in [0.4, 0.5) is 5.82 Å². The number of hydrogen-bond acceptors (Lipinski definition) is 7. The standard InChI is InChI=1S/C20H28N6O2/c1-13(2)26-12-23-18-19(22-10-15-5-7-16(28-4)8-6-15)24-17(25-20(18)26)11-21-9-14(3)27/h5-8,12-14,21,27H,9-11H2,1-4H3,(H,22,24,25). The van der Waals surface area contributed by atoms with Crippen molar-refractivity contribution in [3.8, 4) is 5.75 Å². The van der Waals surface area contributed by atoms with Crippen LogP contribution in [0.1, 0.15) is 38.2 Å². The van der Waals surface area contributed by atoms with E-state index in [9.17, 15) is 5.11 Å².